The zero-order valence-electron chi connectivity index (χ0n) is 31.5. The summed E-state index contributed by atoms with van der Waals surface area (Å²) in [5, 5.41) is 3.24. The Labute approximate surface area is 312 Å². The Morgan fingerprint density at radius 1 is 0.792 bits per heavy atom. The average Bonchev–Trinajstić information content (AvgIpc) is 3.17. The number of benzene rings is 4. The van der Waals surface area contributed by atoms with E-state index in [1.54, 1.807) is 14.2 Å². The number of rotatable bonds is 8. The third kappa shape index (κ3) is 6.74. The number of carbonyl (C=O) groups is 1. The van der Waals surface area contributed by atoms with Crippen LogP contribution in [0.3, 0.4) is 0 Å². The molecule has 0 fully saturated rings. The fourth-order valence-corrected chi connectivity index (χ4v) is 8.43. The molecular weight excluding hydrogens is 668 g/mol. The number of likely N-dealkylation sites (N-methyl/N-ethyl adjacent to an activating group) is 1. The molecule has 10 heteroatoms. The van der Waals surface area contributed by atoms with E-state index >= 15 is 0 Å². The lowest BCUT2D eigenvalue weighted by Gasteiger charge is -2.40. The fraction of sp³-hybridized carbons (Fsp3) is 0.419. The minimum absolute atomic E-state index is 0.0732. The summed E-state index contributed by atoms with van der Waals surface area (Å²) in [6, 6.07) is 20.4. The number of hydrogen-bond donors (Lipinski definition) is 1. The highest BCUT2D eigenvalue weighted by Crippen LogP contribution is 2.57. The van der Waals surface area contributed by atoms with E-state index in [0.29, 0.717) is 71.9 Å². The van der Waals surface area contributed by atoms with E-state index in [4.69, 9.17) is 23.7 Å². The molecule has 5 aliphatic rings. The second-order valence-corrected chi connectivity index (χ2v) is 14.5. The molecule has 7 bridgehead atoms. The van der Waals surface area contributed by atoms with E-state index in [1.165, 1.54) is 11.1 Å². The lowest BCUT2D eigenvalue weighted by atomic mass is 9.86. The number of nitrogens with zero attached hydrogens (tertiary/aromatic N) is 3. The maximum absolute atomic E-state index is 14.1. The van der Waals surface area contributed by atoms with Gasteiger partial charge in [0, 0.05) is 31.2 Å². The summed E-state index contributed by atoms with van der Waals surface area (Å²) in [6.07, 6.45) is 3.82. The van der Waals surface area contributed by atoms with Crippen molar-refractivity contribution in [2.45, 2.75) is 58.0 Å². The van der Waals surface area contributed by atoms with E-state index in [0.717, 1.165) is 67.7 Å². The van der Waals surface area contributed by atoms with Gasteiger partial charge in [0.25, 0.3) is 0 Å². The molecule has 0 saturated carbocycles. The summed E-state index contributed by atoms with van der Waals surface area (Å²) < 4.78 is 31.9. The third-order valence-corrected chi connectivity index (χ3v) is 11.5. The van der Waals surface area contributed by atoms with Crippen LogP contribution in [0.5, 0.6) is 46.0 Å². The Kier molecular flexibility index (Phi) is 9.83. The zero-order valence-corrected chi connectivity index (χ0v) is 31.5. The van der Waals surface area contributed by atoms with E-state index in [9.17, 15) is 4.79 Å². The van der Waals surface area contributed by atoms with Crippen molar-refractivity contribution in [1.82, 2.24) is 20.0 Å². The Bertz CT molecular complexity index is 1990. The molecule has 2 atom stereocenters. The highest BCUT2D eigenvalue weighted by Gasteiger charge is 2.39. The number of fused-ring (bicyclic) bond motifs is 2. The van der Waals surface area contributed by atoms with Crippen LogP contribution in [0.25, 0.3) is 0 Å². The van der Waals surface area contributed by atoms with Gasteiger partial charge in [0.2, 0.25) is 5.75 Å². The van der Waals surface area contributed by atoms with Crippen LogP contribution in [0.15, 0.2) is 60.7 Å². The van der Waals surface area contributed by atoms with Crippen molar-refractivity contribution in [1.29, 1.82) is 0 Å². The molecule has 0 saturated heterocycles. The smallest absolute Gasteiger partial charge is 0.317 e. The maximum Gasteiger partial charge on any atom is 0.317 e. The summed E-state index contributed by atoms with van der Waals surface area (Å²) in [5.41, 5.74) is 6.74. The van der Waals surface area contributed by atoms with Crippen LogP contribution in [-0.2, 0) is 25.7 Å². The molecule has 0 spiro atoms. The third-order valence-electron chi connectivity index (χ3n) is 11.5. The Hall–Kier alpha value is -4.93. The van der Waals surface area contributed by atoms with Crippen molar-refractivity contribution in [2.75, 3.05) is 60.5 Å². The molecule has 1 N–H and O–H groups in total. The van der Waals surface area contributed by atoms with Gasteiger partial charge in [-0.15, -0.1) is 0 Å². The molecule has 10 nitrogen and oxygen atoms in total. The summed E-state index contributed by atoms with van der Waals surface area (Å²) in [6.45, 7) is 9.39. The van der Waals surface area contributed by atoms with Gasteiger partial charge in [-0.25, -0.2) is 4.79 Å². The molecule has 0 radical (unpaired) electrons. The summed E-state index contributed by atoms with van der Waals surface area (Å²) in [5.74, 6) is 5.23. The van der Waals surface area contributed by atoms with E-state index in [1.807, 2.05) is 23.1 Å². The quantitative estimate of drug-likeness (QED) is 0.161. The maximum atomic E-state index is 14.1. The minimum atomic E-state index is -0.315. The first kappa shape index (κ1) is 35.1. The van der Waals surface area contributed by atoms with Crippen LogP contribution in [0.1, 0.15) is 65.7 Å². The van der Waals surface area contributed by atoms with Crippen LogP contribution in [0, 0.1) is 0 Å². The van der Waals surface area contributed by atoms with E-state index in [-0.39, 0.29) is 18.1 Å². The van der Waals surface area contributed by atoms with Gasteiger partial charge in [0.15, 0.2) is 34.5 Å². The van der Waals surface area contributed by atoms with Crippen molar-refractivity contribution < 1.29 is 28.5 Å². The van der Waals surface area contributed by atoms with Gasteiger partial charge >= 0.3 is 6.03 Å². The van der Waals surface area contributed by atoms with Crippen LogP contribution < -0.4 is 29.0 Å². The first-order valence-corrected chi connectivity index (χ1v) is 19.0. The number of hydrogen-bond acceptors (Lipinski definition) is 8. The number of urea groups is 1. The van der Waals surface area contributed by atoms with Crippen molar-refractivity contribution >= 4 is 6.03 Å². The lowest BCUT2D eigenvalue weighted by Crippen LogP contribution is -2.47. The fourth-order valence-electron chi connectivity index (χ4n) is 8.43. The van der Waals surface area contributed by atoms with Gasteiger partial charge in [-0.05, 0) is 129 Å². The first-order valence-electron chi connectivity index (χ1n) is 19.0. The number of nitrogens with one attached hydrogen (secondary N) is 1. The summed E-state index contributed by atoms with van der Waals surface area (Å²) in [4.78, 5) is 20.9. The predicted octanol–water partition coefficient (Wildman–Crippen LogP) is 8.06. The van der Waals surface area contributed by atoms with E-state index in [2.05, 4.69) is 78.5 Å². The Morgan fingerprint density at radius 3 is 2.28 bits per heavy atom. The topological polar surface area (TPSA) is 85.0 Å². The predicted molar refractivity (Wildman–Crippen MR) is 205 cm³/mol. The lowest BCUT2D eigenvalue weighted by molar-refractivity contribution is 0.166. The standard InChI is InChI=1S/C43H50N4O6/c1-6-46(7-2)18-8-17-44-43(48)47-20-16-30-25-39(50-5)41-42-40(30)34(47)21-27-9-12-31(13-10-27)51-36-23-28(11-14-35(36)49-4)22-33-32-26-38(53-42)37(52-41)24-29(32)15-19-45(33)3/h9-14,23-26,33-34H,6-8,15-22H2,1-5H3,(H,44,48)/t33-,34-/m0/s1. The molecule has 4 aromatic rings. The molecule has 0 aliphatic carbocycles. The van der Waals surface area contributed by atoms with Gasteiger partial charge in [-0.1, -0.05) is 32.0 Å². The van der Waals surface area contributed by atoms with Gasteiger partial charge < -0.3 is 38.8 Å². The second kappa shape index (κ2) is 14.8. The number of carbonyl (C=O) groups excluding carboxylic acids is 1. The van der Waals surface area contributed by atoms with Gasteiger partial charge in [0.1, 0.15) is 5.75 Å². The van der Waals surface area contributed by atoms with Crippen molar-refractivity contribution in [3.63, 3.8) is 0 Å². The molecule has 2 amide bonds. The van der Waals surface area contributed by atoms with Crippen LogP contribution in [-0.4, -0.2) is 81.3 Å². The molecule has 9 rings (SSSR count). The Balaban J connectivity index is 1.23. The van der Waals surface area contributed by atoms with Crippen molar-refractivity contribution in [3.8, 4) is 46.0 Å². The van der Waals surface area contributed by atoms with Crippen LogP contribution in [0.4, 0.5) is 4.79 Å². The molecular formula is C43H50N4O6. The zero-order chi connectivity index (χ0) is 36.6. The van der Waals surface area contributed by atoms with Crippen LogP contribution in [0.2, 0.25) is 0 Å². The molecule has 4 aromatic carbocycles. The minimum Gasteiger partial charge on any atom is -0.493 e. The van der Waals surface area contributed by atoms with Crippen molar-refractivity contribution in [2.24, 2.45) is 0 Å². The van der Waals surface area contributed by atoms with Gasteiger partial charge in [-0.3, -0.25) is 4.90 Å². The monoisotopic (exact) mass is 718 g/mol. The van der Waals surface area contributed by atoms with Crippen LogP contribution >= 0.6 is 0 Å². The van der Waals surface area contributed by atoms with Crippen molar-refractivity contribution in [3.05, 3.63) is 94.0 Å². The molecule has 53 heavy (non-hydrogen) atoms. The van der Waals surface area contributed by atoms with Gasteiger partial charge in [0.05, 0.1) is 20.3 Å². The number of amides is 2. The SMILES string of the molecule is CCN(CC)CCCNC(=O)N1CCc2cc(OC)c3c4c2[C@@H]1Cc1ccc(cc1)Oc1cc(ccc1OC)C[C@H]1c2cc(c(cc2CCN1C)O3)O4. The molecule has 5 aliphatic heterocycles. The molecule has 0 unspecified atom stereocenters. The number of methoxy groups -OCH3 is 2. The highest BCUT2D eigenvalue weighted by molar-refractivity contribution is 5.77. The Morgan fingerprint density at radius 2 is 1.51 bits per heavy atom. The average molecular weight is 719 g/mol. The highest BCUT2D eigenvalue weighted by atomic mass is 16.6. The second-order valence-electron chi connectivity index (χ2n) is 14.5. The number of ether oxygens (including phenoxy) is 5. The normalized spacial score (nSPS) is 18.4. The summed E-state index contributed by atoms with van der Waals surface area (Å²) >= 11 is 0. The summed E-state index contributed by atoms with van der Waals surface area (Å²) in [7, 11) is 5.53. The van der Waals surface area contributed by atoms with Gasteiger partial charge in [-0.2, -0.15) is 0 Å². The largest absolute Gasteiger partial charge is 0.493 e. The molecule has 0 aromatic heterocycles. The molecule has 278 valence electrons. The van der Waals surface area contributed by atoms with E-state index < -0.39 is 0 Å². The molecule has 5 heterocycles. The first-order chi connectivity index (χ1) is 25.9.